The van der Waals surface area contributed by atoms with Crippen molar-refractivity contribution in [1.82, 2.24) is 4.57 Å². The minimum atomic E-state index is -1.38. The van der Waals surface area contributed by atoms with E-state index in [1.165, 1.54) is 13.8 Å². The van der Waals surface area contributed by atoms with Crippen molar-refractivity contribution in [3.63, 3.8) is 0 Å². The number of carbonyl (C=O) groups is 1. The molecule has 0 radical (unpaired) electrons. The number of aryl methyl sites for hydroxylation is 1. The highest BCUT2D eigenvalue weighted by Gasteiger charge is 2.28. The summed E-state index contributed by atoms with van der Waals surface area (Å²) in [5.41, 5.74) is 0.607. The van der Waals surface area contributed by atoms with Crippen molar-refractivity contribution in [2.45, 2.75) is 40.2 Å². The van der Waals surface area contributed by atoms with Crippen LogP contribution in [0.4, 0.5) is 24.5 Å². The molecule has 8 nitrogen and oxygen atoms in total. The molecule has 0 unspecified atom stereocenters. The molecular weight excluding hydrogens is 503 g/mol. The number of halogens is 4. The Hall–Kier alpha value is -3.82. The quantitative estimate of drug-likeness (QED) is 0.211. The number of nitrogen functional groups attached to an aromatic ring is 1. The van der Waals surface area contributed by atoms with E-state index in [0.717, 1.165) is 22.9 Å². The van der Waals surface area contributed by atoms with E-state index in [9.17, 15) is 18.8 Å². The molecule has 2 aromatic carbocycles. The number of hydrogen-bond acceptors (Lipinski definition) is 7. The zero-order valence-corrected chi connectivity index (χ0v) is 20.6. The summed E-state index contributed by atoms with van der Waals surface area (Å²) >= 11 is 6.30. The Bertz CT molecular complexity index is 1520. The number of nitrogens with two attached hydrogens (primary N) is 1. The van der Waals surface area contributed by atoms with Crippen LogP contribution in [0.15, 0.2) is 22.1 Å². The van der Waals surface area contributed by atoms with E-state index >= 15 is 8.78 Å². The van der Waals surface area contributed by atoms with Crippen molar-refractivity contribution >= 4 is 45.9 Å². The van der Waals surface area contributed by atoms with E-state index in [2.05, 4.69) is 4.99 Å². The Balaban J connectivity index is 2.63. The first-order valence-electron chi connectivity index (χ1n) is 10.5. The van der Waals surface area contributed by atoms with E-state index in [4.69, 9.17) is 26.8 Å². The summed E-state index contributed by atoms with van der Waals surface area (Å²) in [5, 5.41) is -0.859. The zero-order chi connectivity index (χ0) is 27.1. The molecule has 2 N–H and O–H groups in total. The minimum absolute atomic E-state index is 0.0984. The molecule has 0 fully saturated rings. The van der Waals surface area contributed by atoms with Gasteiger partial charge < -0.3 is 19.8 Å². The van der Waals surface area contributed by atoms with Gasteiger partial charge in [-0.15, -0.1) is 0 Å². The largest absolute Gasteiger partial charge is 0.485 e. The summed E-state index contributed by atoms with van der Waals surface area (Å²) in [6, 6.07) is 0.920. The molecule has 0 aliphatic carbocycles. The van der Waals surface area contributed by atoms with Crippen molar-refractivity contribution in [3.05, 3.63) is 56.1 Å². The fourth-order valence-corrected chi connectivity index (χ4v) is 3.84. The predicted molar refractivity (Wildman–Crippen MR) is 128 cm³/mol. The molecule has 0 amide bonds. The lowest BCUT2D eigenvalue weighted by molar-refractivity contribution is 0.0524. The fraction of sp³-hybridized carbons (Fsp3) is 0.292. The first-order valence-corrected chi connectivity index (χ1v) is 10.9. The van der Waals surface area contributed by atoms with Gasteiger partial charge in [-0.05, 0) is 34.6 Å². The number of hydrogen-bond donors (Lipinski definition) is 1. The fourth-order valence-electron chi connectivity index (χ4n) is 3.57. The second kappa shape index (κ2) is 9.67. The highest BCUT2D eigenvalue weighted by Crippen LogP contribution is 2.40. The van der Waals surface area contributed by atoms with Gasteiger partial charge >= 0.3 is 5.97 Å². The number of benzene rings is 2. The van der Waals surface area contributed by atoms with Gasteiger partial charge in [0.2, 0.25) is 11.5 Å². The maximum atomic E-state index is 15.6. The number of anilines is 1. The lowest BCUT2D eigenvalue weighted by atomic mass is 10.0. The maximum absolute atomic E-state index is 15.6. The first-order chi connectivity index (χ1) is 16.7. The van der Waals surface area contributed by atoms with Crippen molar-refractivity contribution < 1.29 is 32.2 Å². The third-order valence-electron chi connectivity index (χ3n) is 5.05. The highest BCUT2D eigenvalue weighted by molar-refractivity contribution is 6.38. The highest BCUT2D eigenvalue weighted by atomic mass is 35.5. The van der Waals surface area contributed by atoms with Crippen LogP contribution in [-0.4, -0.2) is 28.8 Å². The normalized spacial score (nSPS) is 11.4. The number of pyridine rings is 1. The zero-order valence-electron chi connectivity index (χ0n) is 19.9. The Morgan fingerprint density at radius 3 is 2.42 bits per heavy atom. The minimum Gasteiger partial charge on any atom is -0.485 e. The number of fused-ring (bicyclic) bond motifs is 1. The molecule has 0 atom stereocenters. The molecule has 0 aliphatic heterocycles. The number of carbonyl (C=O) groups excluding carboxylic acids is 2. The molecule has 0 bridgehead atoms. The van der Waals surface area contributed by atoms with Gasteiger partial charge in [-0.1, -0.05) is 11.6 Å². The van der Waals surface area contributed by atoms with Crippen molar-refractivity contribution in [1.29, 1.82) is 0 Å². The molecule has 190 valence electrons. The first kappa shape index (κ1) is 26.8. The van der Waals surface area contributed by atoms with Crippen LogP contribution < -0.4 is 15.9 Å². The molecule has 3 rings (SSSR count). The average Bonchev–Trinajstić information content (AvgIpc) is 2.80. The lowest BCUT2D eigenvalue weighted by Gasteiger charge is -2.24. The third kappa shape index (κ3) is 4.55. The van der Waals surface area contributed by atoms with Crippen LogP contribution in [0.3, 0.4) is 0 Å². The van der Waals surface area contributed by atoms with Gasteiger partial charge in [-0.2, -0.15) is 4.99 Å². The Morgan fingerprint density at radius 2 is 1.86 bits per heavy atom. The Morgan fingerprint density at radius 1 is 1.22 bits per heavy atom. The Labute approximate surface area is 208 Å². The van der Waals surface area contributed by atoms with Crippen LogP contribution >= 0.6 is 11.6 Å². The Kier molecular flexibility index (Phi) is 7.20. The summed E-state index contributed by atoms with van der Waals surface area (Å²) < 4.78 is 56.8. The maximum Gasteiger partial charge on any atom is 0.343 e. The van der Waals surface area contributed by atoms with Crippen LogP contribution in [0.1, 0.15) is 43.6 Å². The van der Waals surface area contributed by atoms with E-state index in [1.54, 1.807) is 20.8 Å². The average molecular weight is 524 g/mol. The van der Waals surface area contributed by atoms with Crippen molar-refractivity contribution in [2.75, 3.05) is 12.3 Å². The summed E-state index contributed by atoms with van der Waals surface area (Å²) in [4.78, 5) is 39.8. The van der Waals surface area contributed by atoms with Crippen LogP contribution in [0, 0.1) is 24.4 Å². The van der Waals surface area contributed by atoms with Gasteiger partial charge in [0.25, 0.3) is 0 Å². The van der Waals surface area contributed by atoms with Crippen molar-refractivity contribution in [3.8, 4) is 11.4 Å². The van der Waals surface area contributed by atoms with Crippen LogP contribution in [0.25, 0.3) is 16.6 Å². The van der Waals surface area contributed by atoms with Crippen LogP contribution in [0.2, 0.25) is 5.02 Å². The van der Waals surface area contributed by atoms with Gasteiger partial charge in [0.1, 0.15) is 11.2 Å². The number of isocyanates is 1. The molecule has 0 saturated heterocycles. The van der Waals surface area contributed by atoms with Gasteiger partial charge in [0.15, 0.2) is 28.9 Å². The van der Waals surface area contributed by atoms with Crippen LogP contribution in [0.5, 0.6) is 5.75 Å². The summed E-state index contributed by atoms with van der Waals surface area (Å²) in [5.74, 6) is -5.28. The number of rotatable bonds is 5. The van der Waals surface area contributed by atoms with E-state index in [1.807, 2.05) is 0 Å². The summed E-state index contributed by atoms with van der Waals surface area (Å²) in [7, 11) is 0. The topological polar surface area (TPSA) is 113 Å². The van der Waals surface area contributed by atoms with Gasteiger partial charge in [-0.3, -0.25) is 4.79 Å². The monoisotopic (exact) mass is 523 g/mol. The molecule has 1 heterocycles. The second-order valence-corrected chi connectivity index (χ2v) is 9.02. The van der Waals surface area contributed by atoms with Crippen molar-refractivity contribution in [2.24, 2.45) is 4.99 Å². The van der Waals surface area contributed by atoms with Crippen LogP contribution in [-0.2, 0) is 9.53 Å². The second-order valence-electron chi connectivity index (χ2n) is 8.64. The predicted octanol–water partition coefficient (Wildman–Crippen LogP) is 5.27. The number of ether oxygens (including phenoxy) is 2. The molecule has 12 heteroatoms. The van der Waals surface area contributed by atoms with E-state index < -0.39 is 67.8 Å². The standard InChI is InChI=1S/C24H21ClF3N3O5/c1-6-35-23(34)11-8-31(21-14(22(11)33)10(2)16(26)19(29)15(21)25)12-7-13(36-24(3,4)5)18(28)20(17(12)27)30-9-32/h7-8H,6,29H2,1-5H3. The van der Waals surface area contributed by atoms with Gasteiger partial charge in [0.05, 0.1) is 33.9 Å². The number of nitrogens with zero attached hydrogens (tertiary/aromatic N) is 2. The smallest absolute Gasteiger partial charge is 0.343 e. The summed E-state index contributed by atoms with van der Waals surface area (Å²) in [6.45, 7) is 7.40. The molecule has 0 aliphatic rings. The third-order valence-corrected chi connectivity index (χ3v) is 5.43. The van der Waals surface area contributed by atoms with Gasteiger partial charge in [-0.25, -0.2) is 22.8 Å². The molecule has 0 spiro atoms. The number of aliphatic imine (C=N–C) groups is 1. The lowest BCUT2D eigenvalue weighted by Crippen LogP contribution is -2.24. The molecule has 36 heavy (non-hydrogen) atoms. The number of esters is 1. The number of aromatic nitrogens is 1. The van der Waals surface area contributed by atoms with E-state index in [0.29, 0.717) is 0 Å². The molecular formula is C24H21ClF3N3O5. The summed E-state index contributed by atoms with van der Waals surface area (Å²) in [6.07, 6.45) is 1.97. The molecule has 1 aromatic heterocycles. The van der Waals surface area contributed by atoms with E-state index in [-0.39, 0.29) is 23.1 Å². The molecule has 3 aromatic rings. The molecule has 0 saturated carbocycles. The van der Waals surface area contributed by atoms with Gasteiger partial charge in [0, 0.05) is 17.8 Å². The SMILES string of the molecule is CCOC(=O)c1cn(-c2cc(OC(C)(C)C)c(F)c(N=C=O)c2F)c2c(Cl)c(N)c(F)c(C)c2c1=O.